The number of thioether (sulfide) groups is 1. The summed E-state index contributed by atoms with van der Waals surface area (Å²) in [6.45, 7) is 1.60. The molecule has 1 aromatic rings. The summed E-state index contributed by atoms with van der Waals surface area (Å²) in [7, 11) is 0. The molecule has 1 aromatic carbocycles. The second kappa shape index (κ2) is 6.48. The average molecular weight is 323 g/mol. The van der Waals surface area contributed by atoms with E-state index in [9.17, 15) is 19.8 Å². The molecule has 1 atom stereocenters. The third-order valence-electron chi connectivity index (χ3n) is 2.80. The van der Waals surface area contributed by atoms with Gasteiger partial charge in [-0.05, 0) is 19.1 Å². The maximum absolute atomic E-state index is 11.5. The van der Waals surface area contributed by atoms with Crippen LogP contribution in [0.25, 0.3) is 0 Å². The number of carbonyl (C=O) groups is 2. The van der Waals surface area contributed by atoms with Crippen LogP contribution in [-0.2, 0) is 9.59 Å². The molecule has 1 saturated heterocycles. The van der Waals surface area contributed by atoms with Crippen LogP contribution in [0.5, 0.6) is 11.5 Å². The molecule has 8 nitrogen and oxygen atoms in total. The zero-order chi connectivity index (χ0) is 16.3. The van der Waals surface area contributed by atoms with E-state index in [1.807, 2.05) is 0 Å². The molecule has 0 saturated carbocycles. The number of carbonyl (C=O) groups excluding carboxylic acids is 1. The lowest BCUT2D eigenvalue weighted by Crippen LogP contribution is -2.26. The number of nitrogens with one attached hydrogen (secondary N) is 1. The molecule has 0 spiro atoms. The zero-order valence-electron chi connectivity index (χ0n) is 11.5. The molecule has 0 aliphatic carbocycles. The summed E-state index contributed by atoms with van der Waals surface area (Å²) in [5, 5.41) is 37.3. The molecule has 1 fully saturated rings. The predicted molar refractivity (Wildman–Crippen MR) is 81.2 cm³/mol. The summed E-state index contributed by atoms with van der Waals surface area (Å²) < 4.78 is 0. The van der Waals surface area contributed by atoms with E-state index in [1.165, 1.54) is 18.2 Å². The van der Waals surface area contributed by atoms with Gasteiger partial charge in [-0.3, -0.25) is 9.59 Å². The Balaban J connectivity index is 2.13. The summed E-state index contributed by atoms with van der Waals surface area (Å²) in [5.74, 6) is -1.71. The lowest BCUT2D eigenvalue weighted by atomic mass is 10.1. The number of amidine groups is 1. The summed E-state index contributed by atoms with van der Waals surface area (Å²) >= 11 is 0.990. The van der Waals surface area contributed by atoms with Crippen LogP contribution in [0.3, 0.4) is 0 Å². The van der Waals surface area contributed by atoms with Crippen molar-refractivity contribution in [2.75, 3.05) is 0 Å². The van der Waals surface area contributed by atoms with Gasteiger partial charge in [0.15, 0.2) is 5.17 Å². The van der Waals surface area contributed by atoms with Crippen molar-refractivity contribution in [3.05, 3.63) is 23.8 Å². The molecule has 1 aliphatic heterocycles. The van der Waals surface area contributed by atoms with E-state index in [0.29, 0.717) is 11.3 Å². The lowest BCUT2D eigenvalue weighted by molar-refractivity contribution is -0.138. The van der Waals surface area contributed by atoms with E-state index in [2.05, 4.69) is 15.5 Å². The normalized spacial score (nSPS) is 20.2. The van der Waals surface area contributed by atoms with Gasteiger partial charge in [-0.25, -0.2) is 0 Å². The lowest BCUT2D eigenvalue weighted by Gasteiger charge is -2.03. The minimum atomic E-state index is -1.07. The van der Waals surface area contributed by atoms with Gasteiger partial charge in [-0.15, -0.1) is 5.10 Å². The number of aliphatic carboxylic acids is 1. The summed E-state index contributed by atoms with van der Waals surface area (Å²) in [5.41, 5.74) is 0.764. The second-order valence-electron chi connectivity index (χ2n) is 4.49. The number of carboxylic acid groups (broad SMARTS) is 1. The zero-order valence-corrected chi connectivity index (χ0v) is 12.3. The van der Waals surface area contributed by atoms with Crippen molar-refractivity contribution in [3.63, 3.8) is 0 Å². The first-order valence-electron chi connectivity index (χ1n) is 6.20. The van der Waals surface area contributed by atoms with Crippen LogP contribution in [0.15, 0.2) is 28.4 Å². The smallest absolute Gasteiger partial charge is 0.305 e. The standard InChI is InChI=1S/C13H13N3O5S/c1-6(8-3-2-7(17)4-9(8)18)15-16-13-14-12(21)10(22-13)5-11(19)20/h2-4,10,17-18H,5H2,1H3,(H,19,20)(H,14,16,21)/b15-6+/t10-/m0/s1. The van der Waals surface area contributed by atoms with Crippen LogP contribution < -0.4 is 5.32 Å². The number of hydrogen-bond donors (Lipinski definition) is 4. The molecule has 0 aromatic heterocycles. The van der Waals surface area contributed by atoms with Gasteiger partial charge < -0.3 is 20.6 Å². The van der Waals surface area contributed by atoms with Crippen molar-refractivity contribution < 1.29 is 24.9 Å². The Labute approximate surface area is 129 Å². The summed E-state index contributed by atoms with van der Waals surface area (Å²) in [6, 6.07) is 4.06. The van der Waals surface area contributed by atoms with Gasteiger partial charge in [-0.2, -0.15) is 5.10 Å². The fraction of sp³-hybridized carbons (Fsp3) is 0.231. The van der Waals surface area contributed by atoms with E-state index >= 15 is 0 Å². The predicted octanol–water partition coefficient (Wildman–Crippen LogP) is 0.884. The first-order chi connectivity index (χ1) is 10.4. The Morgan fingerprint density at radius 1 is 1.41 bits per heavy atom. The van der Waals surface area contributed by atoms with Crippen molar-refractivity contribution in [2.24, 2.45) is 10.2 Å². The maximum atomic E-state index is 11.5. The highest BCUT2D eigenvalue weighted by atomic mass is 32.2. The highest BCUT2D eigenvalue weighted by Gasteiger charge is 2.32. The SMILES string of the molecule is C/C(=N\N=C1\NC(=O)[C@H](CC(=O)O)S1)c1ccc(O)cc1O. The first-order valence-corrected chi connectivity index (χ1v) is 7.08. The second-order valence-corrected chi connectivity index (χ2v) is 5.68. The topological polar surface area (TPSA) is 132 Å². The molecule has 0 radical (unpaired) electrons. The average Bonchev–Trinajstić information content (AvgIpc) is 2.76. The highest BCUT2D eigenvalue weighted by Crippen LogP contribution is 2.24. The number of amides is 1. The monoisotopic (exact) mass is 323 g/mol. The number of hydrogen-bond acceptors (Lipinski definition) is 7. The Kier molecular flexibility index (Phi) is 4.66. The fourth-order valence-electron chi connectivity index (χ4n) is 1.75. The van der Waals surface area contributed by atoms with Crippen LogP contribution in [-0.4, -0.2) is 43.3 Å². The number of phenols is 2. The van der Waals surface area contributed by atoms with E-state index in [0.717, 1.165) is 11.8 Å². The number of aromatic hydroxyl groups is 2. The fourth-order valence-corrected chi connectivity index (χ4v) is 2.65. The van der Waals surface area contributed by atoms with Gasteiger partial charge in [0, 0.05) is 11.6 Å². The number of nitrogens with zero attached hydrogens (tertiary/aromatic N) is 2. The minimum Gasteiger partial charge on any atom is -0.508 e. The Morgan fingerprint density at radius 2 is 2.14 bits per heavy atom. The Hall–Kier alpha value is -2.55. The van der Waals surface area contributed by atoms with Crippen molar-refractivity contribution in [1.29, 1.82) is 0 Å². The number of benzene rings is 1. The van der Waals surface area contributed by atoms with E-state index in [1.54, 1.807) is 6.92 Å². The van der Waals surface area contributed by atoms with Crippen molar-refractivity contribution in [2.45, 2.75) is 18.6 Å². The summed E-state index contributed by atoms with van der Waals surface area (Å²) in [6.07, 6.45) is -0.295. The van der Waals surface area contributed by atoms with Gasteiger partial charge in [0.1, 0.15) is 16.7 Å². The number of phenolic OH excluding ortho intramolecular Hbond substituents is 2. The molecule has 1 heterocycles. The molecule has 116 valence electrons. The van der Waals surface area contributed by atoms with Crippen LogP contribution in [0.4, 0.5) is 0 Å². The molecule has 1 amide bonds. The summed E-state index contributed by atoms with van der Waals surface area (Å²) in [4.78, 5) is 22.1. The highest BCUT2D eigenvalue weighted by molar-refractivity contribution is 8.15. The maximum Gasteiger partial charge on any atom is 0.305 e. The van der Waals surface area contributed by atoms with Gasteiger partial charge in [-0.1, -0.05) is 11.8 Å². The van der Waals surface area contributed by atoms with Gasteiger partial charge in [0.25, 0.3) is 0 Å². The number of rotatable bonds is 4. The quantitative estimate of drug-likeness (QED) is 0.480. The number of carboxylic acids is 1. The van der Waals surface area contributed by atoms with Gasteiger partial charge >= 0.3 is 5.97 Å². The van der Waals surface area contributed by atoms with Gasteiger partial charge in [0.05, 0.1) is 12.1 Å². The molecule has 2 rings (SSSR count). The van der Waals surface area contributed by atoms with E-state index in [4.69, 9.17) is 5.11 Å². The molecule has 9 heteroatoms. The Morgan fingerprint density at radius 3 is 2.77 bits per heavy atom. The Bertz CT molecular complexity index is 686. The third-order valence-corrected chi connectivity index (χ3v) is 3.87. The van der Waals surface area contributed by atoms with Gasteiger partial charge in [0.2, 0.25) is 5.91 Å². The minimum absolute atomic E-state index is 0.0736. The molecular formula is C13H13N3O5S. The van der Waals surface area contributed by atoms with Crippen LogP contribution >= 0.6 is 11.8 Å². The van der Waals surface area contributed by atoms with Crippen LogP contribution in [0.2, 0.25) is 0 Å². The molecule has 0 unspecified atom stereocenters. The molecule has 0 bridgehead atoms. The van der Waals surface area contributed by atoms with E-state index < -0.39 is 17.1 Å². The molecule has 1 aliphatic rings. The van der Waals surface area contributed by atoms with E-state index in [-0.39, 0.29) is 23.1 Å². The van der Waals surface area contributed by atoms with Crippen LogP contribution in [0.1, 0.15) is 18.9 Å². The van der Waals surface area contributed by atoms with Crippen molar-refractivity contribution in [3.8, 4) is 11.5 Å². The van der Waals surface area contributed by atoms with Crippen molar-refractivity contribution in [1.82, 2.24) is 5.32 Å². The largest absolute Gasteiger partial charge is 0.508 e. The molecular weight excluding hydrogens is 310 g/mol. The molecule has 22 heavy (non-hydrogen) atoms. The molecule has 4 N–H and O–H groups in total. The first kappa shape index (κ1) is 15.8. The third kappa shape index (κ3) is 3.76. The van der Waals surface area contributed by atoms with Crippen LogP contribution in [0, 0.1) is 0 Å². The van der Waals surface area contributed by atoms with Crippen molar-refractivity contribution >= 4 is 34.5 Å².